The molecule has 0 radical (unpaired) electrons. The fraction of sp³-hybridized carbons (Fsp3) is 0.316. The highest BCUT2D eigenvalue weighted by molar-refractivity contribution is 5.83. The second-order valence-electron chi connectivity index (χ2n) is 5.91. The number of rotatable bonds is 4. The largest absolute Gasteiger partial charge is 0.459 e. The van der Waals surface area contributed by atoms with E-state index in [1.54, 1.807) is 13.0 Å². The Morgan fingerprint density at radius 1 is 1.25 bits per heavy atom. The van der Waals surface area contributed by atoms with Gasteiger partial charge in [0.15, 0.2) is 6.10 Å². The summed E-state index contributed by atoms with van der Waals surface area (Å²) in [5.74, 6) is 0.473. The van der Waals surface area contributed by atoms with E-state index in [1.165, 1.54) is 0 Å². The van der Waals surface area contributed by atoms with E-state index in [0.717, 1.165) is 45.5 Å². The summed E-state index contributed by atoms with van der Waals surface area (Å²) in [5, 5.41) is 8.88. The summed E-state index contributed by atoms with van der Waals surface area (Å²) in [7, 11) is 0. The van der Waals surface area contributed by atoms with Crippen molar-refractivity contribution in [3.8, 4) is 23.2 Å². The molecule has 0 spiro atoms. The lowest BCUT2D eigenvalue weighted by Crippen LogP contribution is -2.10. The molecule has 0 saturated heterocycles. The fourth-order valence-electron chi connectivity index (χ4n) is 2.79. The molecule has 0 aromatic carbocycles. The van der Waals surface area contributed by atoms with Crippen molar-refractivity contribution < 1.29 is 4.74 Å². The zero-order chi connectivity index (χ0) is 17.3. The molecule has 0 saturated carbocycles. The van der Waals surface area contributed by atoms with Gasteiger partial charge in [-0.3, -0.25) is 0 Å². The molecule has 0 aliphatic heterocycles. The number of aryl methyl sites for hydroxylation is 3. The van der Waals surface area contributed by atoms with Gasteiger partial charge in [-0.15, -0.1) is 0 Å². The van der Waals surface area contributed by atoms with Crippen LogP contribution < -0.4 is 4.74 Å². The highest BCUT2D eigenvalue weighted by Gasteiger charge is 2.14. The van der Waals surface area contributed by atoms with Crippen molar-refractivity contribution in [2.24, 2.45) is 0 Å². The highest BCUT2D eigenvalue weighted by Crippen LogP contribution is 2.29. The first kappa shape index (κ1) is 16.0. The van der Waals surface area contributed by atoms with Crippen LogP contribution in [0.2, 0.25) is 0 Å². The molecule has 0 bridgehead atoms. The number of hydrogen-bond donors (Lipinski definition) is 1. The van der Waals surface area contributed by atoms with Gasteiger partial charge < -0.3 is 9.72 Å². The molecule has 3 rings (SSSR count). The fourth-order valence-corrected chi connectivity index (χ4v) is 2.79. The summed E-state index contributed by atoms with van der Waals surface area (Å²) in [5.41, 5.74) is 7.11. The van der Waals surface area contributed by atoms with Crippen LogP contribution in [0, 0.1) is 25.2 Å². The van der Waals surface area contributed by atoms with Crippen LogP contribution in [0.15, 0.2) is 24.4 Å². The monoisotopic (exact) mass is 320 g/mol. The predicted molar refractivity (Wildman–Crippen MR) is 93.9 cm³/mol. The van der Waals surface area contributed by atoms with Gasteiger partial charge in [0.25, 0.3) is 0 Å². The van der Waals surface area contributed by atoms with Crippen molar-refractivity contribution in [1.29, 1.82) is 5.26 Å². The maximum absolute atomic E-state index is 8.88. The molecular weight excluding hydrogens is 300 g/mol. The van der Waals surface area contributed by atoms with Crippen molar-refractivity contribution in [2.45, 2.75) is 40.2 Å². The first-order valence-electron chi connectivity index (χ1n) is 8.05. The summed E-state index contributed by atoms with van der Waals surface area (Å²) in [6, 6.07) is 7.95. The van der Waals surface area contributed by atoms with Gasteiger partial charge in [0.05, 0.1) is 22.4 Å². The lowest BCUT2D eigenvalue weighted by atomic mass is 10.0. The first-order chi connectivity index (χ1) is 11.5. The molecular formula is C19H20N4O. The minimum absolute atomic E-state index is 0.473. The lowest BCUT2D eigenvalue weighted by Gasteiger charge is -2.13. The highest BCUT2D eigenvalue weighted by atomic mass is 16.5. The van der Waals surface area contributed by atoms with Crippen LogP contribution in [0.3, 0.4) is 0 Å². The summed E-state index contributed by atoms with van der Waals surface area (Å²) < 4.78 is 5.51. The van der Waals surface area contributed by atoms with Crippen molar-refractivity contribution in [3.05, 3.63) is 41.2 Å². The van der Waals surface area contributed by atoms with E-state index in [9.17, 15) is 0 Å². The number of aromatic amines is 1. The molecule has 3 aromatic heterocycles. The molecule has 5 nitrogen and oxygen atoms in total. The summed E-state index contributed by atoms with van der Waals surface area (Å²) in [6.07, 6.45) is 2.21. The van der Waals surface area contributed by atoms with Gasteiger partial charge in [-0.1, -0.05) is 6.92 Å². The maximum atomic E-state index is 8.88. The molecule has 24 heavy (non-hydrogen) atoms. The molecule has 0 aliphatic carbocycles. The van der Waals surface area contributed by atoms with E-state index in [-0.39, 0.29) is 0 Å². The quantitative estimate of drug-likeness (QED) is 0.785. The Balaban J connectivity index is 2.10. The number of pyridine rings is 2. The van der Waals surface area contributed by atoms with Gasteiger partial charge >= 0.3 is 0 Å². The van der Waals surface area contributed by atoms with E-state index in [4.69, 9.17) is 15.0 Å². The molecule has 122 valence electrons. The lowest BCUT2D eigenvalue weighted by molar-refractivity contribution is 0.265. The molecule has 0 amide bonds. The van der Waals surface area contributed by atoms with Crippen LogP contribution in [0.25, 0.3) is 22.3 Å². The van der Waals surface area contributed by atoms with E-state index in [1.807, 2.05) is 19.2 Å². The van der Waals surface area contributed by atoms with Crippen molar-refractivity contribution >= 4 is 11.0 Å². The number of fused-ring (bicyclic) bond motifs is 1. The van der Waals surface area contributed by atoms with Crippen LogP contribution in [-0.4, -0.2) is 21.1 Å². The predicted octanol–water partition coefficient (Wildman–Crippen LogP) is 4.10. The SMILES string of the molecule is CCc1nc(OC(C)C#N)ccc1-c1nc2c(C)c[nH]c2cc1C. The standard InChI is InChI=1S/C19H20N4O/c1-5-15-14(6-7-17(22-15)24-13(4)9-20)18-11(2)8-16-19(23-18)12(3)10-21-16/h6-8,10,13,21H,5H2,1-4H3. The van der Waals surface area contributed by atoms with Crippen LogP contribution in [-0.2, 0) is 6.42 Å². The number of H-pyrrole nitrogens is 1. The molecule has 5 heteroatoms. The van der Waals surface area contributed by atoms with E-state index < -0.39 is 6.10 Å². The zero-order valence-electron chi connectivity index (χ0n) is 14.3. The number of nitrogens with one attached hydrogen (secondary N) is 1. The van der Waals surface area contributed by atoms with E-state index >= 15 is 0 Å². The smallest absolute Gasteiger partial charge is 0.214 e. The minimum Gasteiger partial charge on any atom is -0.459 e. The van der Waals surface area contributed by atoms with Gasteiger partial charge in [0.1, 0.15) is 6.07 Å². The van der Waals surface area contributed by atoms with Gasteiger partial charge in [-0.05, 0) is 50.5 Å². The van der Waals surface area contributed by atoms with Crippen LogP contribution in [0.4, 0.5) is 0 Å². The van der Waals surface area contributed by atoms with Gasteiger partial charge in [-0.2, -0.15) is 5.26 Å². The summed E-state index contributed by atoms with van der Waals surface area (Å²) in [6.45, 7) is 7.86. The summed E-state index contributed by atoms with van der Waals surface area (Å²) in [4.78, 5) is 12.7. The maximum Gasteiger partial charge on any atom is 0.214 e. The zero-order valence-corrected chi connectivity index (χ0v) is 14.3. The Kier molecular flexibility index (Phi) is 4.22. The van der Waals surface area contributed by atoms with Crippen molar-refractivity contribution in [2.75, 3.05) is 0 Å². The number of nitrogens with zero attached hydrogens (tertiary/aromatic N) is 3. The number of hydrogen-bond acceptors (Lipinski definition) is 4. The molecule has 0 fully saturated rings. The molecule has 0 aliphatic rings. The number of nitriles is 1. The van der Waals surface area contributed by atoms with Crippen LogP contribution in [0.1, 0.15) is 30.7 Å². The second kappa shape index (κ2) is 6.32. The first-order valence-corrected chi connectivity index (χ1v) is 8.05. The third kappa shape index (κ3) is 2.83. The molecule has 1 unspecified atom stereocenters. The average molecular weight is 320 g/mol. The molecule has 3 heterocycles. The Labute approximate surface area is 141 Å². The molecule has 1 N–H and O–H groups in total. The third-order valence-electron chi connectivity index (χ3n) is 4.05. The normalized spacial score (nSPS) is 12.1. The topological polar surface area (TPSA) is 74.6 Å². The van der Waals surface area contributed by atoms with E-state index in [2.05, 4.69) is 36.0 Å². The summed E-state index contributed by atoms with van der Waals surface area (Å²) >= 11 is 0. The second-order valence-corrected chi connectivity index (χ2v) is 5.91. The Hall–Kier alpha value is -2.87. The Morgan fingerprint density at radius 2 is 2.04 bits per heavy atom. The van der Waals surface area contributed by atoms with Crippen LogP contribution in [0.5, 0.6) is 5.88 Å². The third-order valence-corrected chi connectivity index (χ3v) is 4.05. The van der Waals surface area contributed by atoms with Gasteiger partial charge in [0.2, 0.25) is 5.88 Å². The van der Waals surface area contributed by atoms with Crippen LogP contribution >= 0.6 is 0 Å². The molecule has 3 aromatic rings. The minimum atomic E-state index is -0.522. The Morgan fingerprint density at radius 3 is 2.75 bits per heavy atom. The molecule has 1 atom stereocenters. The van der Waals surface area contributed by atoms with E-state index in [0.29, 0.717) is 5.88 Å². The van der Waals surface area contributed by atoms with Gasteiger partial charge in [-0.25, -0.2) is 9.97 Å². The Bertz CT molecular complexity index is 936. The average Bonchev–Trinajstić information content (AvgIpc) is 2.94. The van der Waals surface area contributed by atoms with Gasteiger partial charge in [0, 0.05) is 17.8 Å². The number of aromatic nitrogens is 3. The van der Waals surface area contributed by atoms with Crippen molar-refractivity contribution in [3.63, 3.8) is 0 Å². The van der Waals surface area contributed by atoms with Crippen molar-refractivity contribution in [1.82, 2.24) is 15.0 Å². The number of ether oxygens (including phenoxy) is 1.